The zero-order valence-electron chi connectivity index (χ0n) is 5.83. The van der Waals surface area contributed by atoms with Crippen LogP contribution in [0.1, 0.15) is 13.3 Å². The van der Waals surface area contributed by atoms with Gasteiger partial charge in [0.2, 0.25) is 0 Å². The first kappa shape index (κ1) is 7.28. The van der Waals surface area contributed by atoms with E-state index in [-0.39, 0.29) is 6.10 Å². The third-order valence-corrected chi connectivity index (χ3v) is 1.51. The van der Waals surface area contributed by atoms with Gasteiger partial charge in [-0.15, -0.1) is 0 Å². The van der Waals surface area contributed by atoms with Gasteiger partial charge in [0.15, 0.2) is 0 Å². The Morgan fingerprint density at radius 3 is 2.70 bits per heavy atom. The number of aliphatic carboxylic acids is 1. The number of ether oxygens (including phenoxy) is 1. The first-order valence-electron chi connectivity index (χ1n) is 3.23. The highest BCUT2D eigenvalue weighted by atomic mass is 16.5. The second kappa shape index (κ2) is 2.84. The van der Waals surface area contributed by atoms with E-state index in [1.807, 2.05) is 0 Å². The molecule has 1 heterocycles. The van der Waals surface area contributed by atoms with E-state index < -0.39 is 5.97 Å². The van der Waals surface area contributed by atoms with Gasteiger partial charge in [-0.1, -0.05) is 0 Å². The van der Waals surface area contributed by atoms with Crippen molar-refractivity contribution in [3.05, 3.63) is 11.6 Å². The van der Waals surface area contributed by atoms with Crippen LogP contribution in [0.4, 0.5) is 0 Å². The lowest BCUT2D eigenvalue weighted by Crippen LogP contribution is -2.25. The fourth-order valence-electron chi connectivity index (χ4n) is 0.736. The van der Waals surface area contributed by atoms with Gasteiger partial charge in [0.25, 0.3) is 0 Å². The standard InChI is InChI=1S/C7H10O3/c1-5(7(8)9)4-6-2-3-10-6/h4,6H,2-3H2,1H3,(H,8,9)/b5-4+. The molecule has 0 amide bonds. The van der Waals surface area contributed by atoms with E-state index in [4.69, 9.17) is 9.84 Å². The van der Waals surface area contributed by atoms with Gasteiger partial charge in [-0.25, -0.2) is 4.79 Å². The minimum absolute atomic E-state index is 0.0519. The van der Waals surface area contributed by atoms with Crippen LogP contribution in [0.2, 0.25) is 0 Å². The summed E-state index contributed by atoms with van der Waals surface area (Å²) in [6.07, 6.45) is 2.65. The average Bonchev–Trinajstić information content (AvgIpc) is 1.77. The predicted octanol–water partition coefficient (Wildman–Crippen LogP) is 0.806. The summed E-state index contributed by atoms with van der Waals surface area (Å²) in [7, 11) is 0. The summed E-state index contributed by atoms with van der Waals surface area (Å²) in [5.74, 6) is -0.865. The fraction of sp³-hybridized carbons (Fsp3) is 0.571. The van der Waals surface area contributed by atoms with Crippen molar-refractivity contribution in [3.8, 4) is 0 Å². The Morgan fingerprint density at radius 1 is 1.80 bits per heavy atom. The topological polar surface area (TPSA) is 46.5 Å². The molecule has 1 N–H and O–H groups in total. The van der Waals surface area contributed by atoms with Crippen LogP contribution >= 0.6 is 0 Å². The largest absolute Gasteiger partial charge is 0.478 e. The van der Waals surface area contributed by atoms with E-state index in [9.17, 15) is 4.79 Å². The van der Waals surface area contributed by atoms with E-state index in [1.54, 1.807) is 13.0 Å². The van der Waals surface area contributed by atoms with Gasteiger partial charge in [-0.3, -0.25) is 0 Å². The summed E-state index contributed by atoms with van der Waals surface area (Å²) in [6.45, 7) is 2.33. The molecular formula is C7H10O3. The summed E-state index contributed by atoms with van der Waals surface area (Å²) in [5.41, 5.74) is 0.365. The Kier molecular flexibility index (Phi) is 2.06. The lowest BCUT2D eigenvalue weighted by atomic mass is 10.1. The molecule has 0 radical (unpaired) electrons. The number of hydrogen-bond donors (Lipinski definition) is 1. The molecule has 0 aromatic heterocycles. The van der Waals surface area contributed by atoms with Crippen molar-refractivity contribution < 1.29 is 14.6 Å². The van der Waals surface area contributed by atoms with E-state index in [0.29, 0.717) is 5.57 Å². The second-order valence-electron chi connectivity index (χ2n) is 2.35. The first-order chi connectivity index (χ1) is 4.70. The van der Waals surface area contributed by atoms with E-state index >= 15 is 0 Å². The van der Waals surface area contributed by atoms with Crippen molar-refractivity contribution in [2.24, 2.45) is 0 Å². The molecule has 0 aromatic carbocycles. The molecule has 1 atom stereocenters. The molecule has 1 unspecified atom stereocenters. The van der Waals surface area contributed by atoms with Crippen LogP contribution < -0.4 is 0 Å². The third kappa shape index (κ3) is 1.57. The molecular weight excluding hydrogens is 132 g/mol. The number of hydrogen-bond acceptors (Lipinski definition) is 2. The van der Waals surface area contributed by atoms with Crippen molar-refractivity contribution in [2.45, 2.75) is 19.4 Å². The van der Waals surface area contributed by atoms with E-state index in [0.717, 1.165) is 13.0 Å². The lowest BCUT2D eigenvalue weighted by Gasteiger charge is -2.23. The third-order valence-electron chi connectivity index (χ3n) is 1.51. The van der Waals surface area contributed by atoms with Crippen LogP contribution in [0.25, 0.3) is 0 Å². The maximum absolute atomic E-state index is 10.3. The van der Waals surface area contributed by atoms with Crippen LogP contribution in [-0.2, 0) is 9.53 Å². The summed E-state index contributed by atoms with van der Waals surface area (Å²) in [5, 5.41) is 8.43. The molecule has 1 saturated heterocycles. The summed E-state index contributed by atoms with van der Waals surface area (Å²) in [6, 6.07) is 0. The van der Waals surface area contributed by atoms with Gasteiger partial charge < -0.3 is 9.84 Å². The molecule has 1 fully saturated rings. The zero-order chi connectivity index (χ0) is 7.56. The highest BCUT2D eigenvalue weighted by Crippen LogP contribution is 2.13. The molecule has 1 aliphatic rings. The maximum Gasteiger partial charge on any atom is 0.331 e. The second-order valence-corrected chi connectivity index (χ2v) is 2.35. The molecule has 0 aliphatic carbocycles. The predicted molar refractivity (Wildman–Crippen MR) is 35.7 cm³/mol. The number of carbonyl (C=O) groups is 1. The minimum atomic E-state index is -0.865. The molecule has 0 aromatic rings. The Labute approximate surface area is 59.3 Å². The van der Waals surface area contributed by atoms with E-state index in [2.05, 4.69) is 0 Å². The number of carboxylic acid groups (broad SMARTS) is 1. The molecule has 1 aliphatic heterocycles. The highest BCUT2D eigenvalue weighted by Gasteiger charge is 2.16. The zero-order valence-corrected chi connectivity index (χ0v) is 5.83. The van der Waals surface area contributed by atoms with Gasteiger partial charge >= 0.3 is 5.97 Å². The lowest BCUT2D eigenvalue weighted by molar-refractivity contribution is -0.132. The highest BCUT2D eigenvalue weighted by molar-refractivity contribution is 5.85. The quantitative estimate of drug-likeness (QED) is 0.580. The van der Waals surface area contributed by atoms with Gasteiger partial charge in [-0.2, -0.15) is 0 Å². The van der Waals surface area contributed by atoms with Gasteiger partial charge in [0, 0.05) is 12.0 Å². The molecule has 3 nitrogen and oxygen atoms in total. The smallest absolute Gasteiger partial charge is 0.331 e. The molecule has 3 heteroatoms. The average molecular weight is 142 g/mol. The molecule has 1 rings (SSSR count). The molecule has 0 spiro atoms. The van der Waals surface area contributed by atoms with Crippen LogP contribution in [0.3, 0.4) is 0 Å². The van der Waals surface area contributed by atoms with Crippen LogP contribution in [0, 0.1) is 0 Å². The molecule has 0 saturated carbocycles. The van der Waals surface area contributed by atoms with Gasteiger partial charge in [-0.05, 0) is 13.0 Å². The van der Waals surface area contributed by atoms with Gasteiger partial charge in [0.1, 0.15) is 0 Å². The Bertz CT molecular complexity index is 168. The monoisotopic (exact) mass is 142 g/mol. The van der Waals surface area contributed by atoms with Crippen molar-refractivity contribution in [1.29, 1.82) is 0 Å². The van der Waals surface area contributed by atoms with Crippen LogP contribution in [0.15, 0.2) is 11.6 Å². The van der Waals surface area contributed by atoms with Crippen molar-refractivity contribution in [2.75, 3.05) is 6.61 Å². The summed E-state index contributed by atoms with van der Waals surface area (Å²) in [4.78, 5) is 10.3. The van der Waals surface area contributed by atoms with Crippen molar-refractivity contribution in [3.63, 3.8) is 0 Å². The summed E-state index contributed by atoms with van der Waals surface area (Å²) >= 11 is 0. The van der Waals surface area contributed by atoms with Crippen LogP contribution in [0.5, 0.6) is 0 Å². The van der Waals surface area contributed by atoms with Gasteiger partial charge in [0.05, 0.1) is 12.7 Å². The Morgan fingerprint density at radius 2 is 2.40 bits per heavy atom. The molecule has 0 bridgehead atoms. The maximum atomic E-state index is 10.3. The number of rotatable bonds is 2. The Balaban J connectivity index is 2.44. The van der Waals surface area contributed by atoms with Crippen LogP contribution in [-0.4, -0.2) is 23.8 Å². The van der Waals surface area contributed by atoms with Crippen molar-refractivity contribution in [1.82, 2.24) is 0 Å². The molecule has 56 valence electrons. The fourth-order valence-corrected chi connectivity index (χ4v) is 0.736. The minimum Gasteiger partial charge on any atom is -0.478 e. The number of carboxylic acids is 1. The van der Waals surface area contributed by atoms with Crippen molar-refractivity contribution >= 4 is 5.97 Å². The normalized spacial score (nSPS) is 25.7. The van der Waals surface area contributed by atoms with E-state index in [1.165, 1.54) is 0 Å². The SMILES string of the molecule is C/C(=C\C1CCO1)C(=O)O. The Hall–Kier alpha value is -0.830. The molecule has 10 heavy (non-hydrogen) atoms. The summed E-state index contributed by atoms with van der Waals surface area (Å²) < 4.78 is 5.01. The first-order valence-corrected chi connectivity index (χ1v) is 3.23.